The van der Waals surface area contributed by atoms with Crippen molar-refractivity contribution in [2.45, 2.75) is 59.8 Å². The predicted molar refractivity (Wildman–Crippen MR) is 65.1 cm³/mol. The van der Waals surface area contributed by atoms with E-state index in [9.17, 15) is 4.79 Å². The van der Waals surface area contributed by atoms with Gasteiger partial charge in [-0.15, -0.1) is 0 Å². The summed E-state index contributed by atoms with van der Waals surface area (Å²) in [5.74, 6) is 1.65. The summed E-state index contributed by atoms with van der Waals surface area (Å²) in [6.07, 6.45) is 6.16. The monoisotopic (exact) mass is 220 g/mol. The van der Waals surface area contributed by atoms with Crippen molar-refractivity contribution in [3.63, 3.8) is 0 Å². The van der Waals surface area contributed by atoms with Crippen LogP contribution in [0.3, 0.4) is 0 Å². The van der Waals surface area contributed by atoms with Gasteiger partial charge in [-0.25, -0.2) is 0 Å². The fourth-order valence-corrected chi connectivity index (χ4v) is 5.54. The highest BCUT2D eigenvalue weighted by Crippen LogP contribution is 2.73. The summed E-state index contributed by atoms with van der Waals surface area (Å²) in [5, 5.41) is 0. The zero-order valence-electron chi connectivity index (χ0n) is 11.1. The molecule has 0 spiro atoms. The van der Waals surface area contributed by atoms with Crippen LogP contribution in [0.5, 0.6) is 0 Å². The Morgan fingerprint density at radius 1 is 1.06 bits per heavy atom. The third-order valence-corrected chi connectivity index (χ3v) is 6.80. The third kappa shape index (κ3) is 0.889. The lowest BCUT2D eigenvalue weighted by atomic mass is 9.59. The molecule has 3 aliphatic rings. The van der Waals surface area contributed by atoms with Gasteiger partial charge < -0.3 is 0 Å². The number of carbonyl (C=O) groups excluding carboxylic acids is 1. The van der Waals surface area contributed by atoms with Crippen molar-refractivity contribution in [3.05, 3.63) is 0 Å². The maximum Gasteiger partial charge on any atom is 0.142 e. The average Bonchev–Trinajstić information content (AvgIpc) is 2.58. The van der Waals surface area contributed by atoms with Gasteiger partial charge in [-0.05, 0) is 42.4 Å². The van der Waals surface area contributed by atoms with E-state index in [1.165, 1.54) is 25.7 Å². The predicted octanol–water partition coefficient (Wildman–Crippen LogP) is 3.82. The van der Waals surface area contributed by atoms with Crippen LogP contribution in [0.1, 0.15) is 59.8 Å². The Morgan fingerprint density at radius 2 is 1.75 bits per heavy atom. The van der Waals surface area contributed by atoms with Crippen molar-refractivity contribution in [1.29, 1.82) is 0 Å². The highest BCUT2D eigenvalue weighted by atomic mass is 16.1. The van der Waals surface area contributed by atoms with Gasteiger partial charge in [0.15, 0.2) is 0 Å². The van der Waals surface area contributed by atoms with Crippen LogP contribution in [0.15, 0.2) is 0 Å². The molecule has 3 rings (SSSR count). The molecule has 0 amide bonds. The van der Waals surface area contributed by atoms with Crippen molar-refractivity contribution in [3.8, 4) is 0 Å². The lowest BCUT2D eigenvalue weighted by Crippen LogP contribution is -2.39. The highest BCUT2D eigenvalue weighted by molar-refractivity contribution is 5.91. The molecule has 3 saturated carbocycles. The molecule has 1 heteroatoms. The normalized spacial score (nSPS) is 54.1. The van der Waals surface area contributed by atoms with E-state index >= 15 is 0 Å². The quantitative estimate of drug-likeness (QED) is 0.606. The molecule has 0 aromatic heterocycles. The Kier molecular flexibility index (Phi) is 1.85. The van der Waals surface area contributed by atoms with Crippen LogP contribution in [0.2, 0.25) is 0 Å². The van der Waals surface area contributed by atoms with E-state index in [-0.39, 0.29) is 10.8 Å². The van der Waals surface area contributed by atoms with Gasteiger partial charge in [0.1, 0.15) is 5.78 Å². The standard InChI is InChI=1S/C15H24O/c1-13(2)8-5-9-14(3)11-7-6-10(12(14)16)15(11,13)4/h10-11H,5-9H2,1-4H3. The van der Waals surface area contributed by atoms with Gasteiger partial charge in [0.25, 0.3) is 0 Å². The largest absolute Gasteiger partial charge is 0.299 e. The molecule has 0 N–H and O–H groups in total. The molecule has 4 unspecified atom stereocenters. The molecule has 16 heavy (non-hydrogen) atoms. The first-order valence-corrected chi connectivity index (χ1v) is 6.88. The van der Waals surface area contributed by atoms with E-state index in [4.69, 9.17) is 0 Å². The fraction of sp³-hybridized carbons (Fsp3) is 0.933. The first-order valence-electron chi connectivity index (χ1n) is 6.88. The molecule has 4 bridgehead atoms. The van der Waals surface area contributed by atoms with Crippen LogP contribution in [0.25, 0.3) is 0 Å². The summed E-state index contributed by atoms with van der Waals surface area (Å²) >= 11 is 0. The van der Waals surface area contributed by atoms with Crippen LogP contribution >= 0.6 is 0 Å². The van der Waals surface area contributed by atoms with Crippen molar-refractivity contribution in [2.24, 2.45) is 28.1 Å². The minimum atomic E-state index is 0.0332. The summed E-state index contributed by atoms with van der Waals surface area (Å²) in [7, 11) is 0. The van der Waals surface area contributed by atoms with Crippen LogP contribution < -0.4 is 0 Å². The molecule has 0 radical (unpaired) electrons. The smallest absolute Gasteiger partial charge is 0.142 e. The Morgan fingerprint density at radius 3 is 2.44 bits per heavy atom. The zero-order valence-corrected chi connectivity index (χ0v) is 11.1. The summed E-state index contributed by atoms with van der Waals surface area (Å²) in [5.41, 5.74) is 0.670. The van der Waals surface area contributed by atoms with E-state index in [1.54, 1.807) is 0 Å². The SMILES string of the molecule is CC12CCCC(C)(C)C3(C)C(CCC13)C2=O. The minimum absolute atomic E-state index is 0.0332. The van der Waals surface area contributed by atoms with E-state index in [2.05, 4.69) is 27.7 Å². The third-order valence-electron chi connectivity index (χ3n) is 6.80. The summed E-state index contributed by atoms with van der Waals surface area (Å²) in [6, 6.07) is 0. The molecular formula is C15H24O. The van der Waals surface area contributed by atoms with Gasteiger partial charge >= 0.3 is 0 Å². The molecule has 0 aromatic carbocycles. The number of hydrogen-bond donors (Lipinski definition) is 0. The second kappa shape index (κ2) is 2.73. The van der Waals surface area contributed by atoms with Crippen LogP contribution in [-0.2, 0) is 4.79 Å². The van der Waals surface area contributed by atoms with Gasteiger partial charge in [0.2, 0.25) is 0 Å². The van der Waals surface area contributed by atoms with Crippen molar-refractivity contribution in [2.75, 3.05) is 0 Å². The number of rotatable bonds is 0. The van der Waals surface area contributed by atoms with Crippen LogP contribution in [0.4, 0.5) is 0 Å². The Bertz CT molecular complexity index is 356. The molecule has 0 aromatic rings. The molecule has 3 fully saturated rings. The number of carbonyl (C=O) groups is 1. The van der Waals surface area contributed by atoms with E-state index in [0.29, 0.717) is 23.0 Å². The van der Waals surface area contributed by atoms with Crippen molar-refractivity contribution in [1.82, 2.24) is 0 Å². The van der Waals surface area contributed by atoms with E-state index in [1.807, 2.05) is 0 Å². The second-order valence-electron chi connectivity index (χ2n) is 7.48. The molecule has 1 nitrogen and oxygen atoms in total. The van der Waals surface area contributed by atoms with Crippen molar-refractivity contribution < 1.29 is 4.79 Å². The lowest BCUT2D eigenvalue weighted by Gasteiger charge is -2.45. The molecular weight excluding hydrogens is 196 g/mol. The van der Waals surface area contributed by atoms with Gasteiger partial charge in [0.05, 0.1) is 0 Å². The maximum atomic E-state index is 12.6. The summed E-state index contributed by atoms with van der Waals surface area (Å²) in [4.78, 5) is 12.6. The Labute approximate surface area is 99.0 Å². The van der Waals surface area contributed by atoms with E-state index in [0.717, 1.165) is 6.42 Å². The number of hydrogen-bond acceptors (Lipinski definition) is 1. The highest BCUT2D eigenvalue weighted by Gasteiger charge is 2.71. The molecule has 0 aliphatic heterocycles. The summed E-state index contributed by atoms with van der Waals surface area (Å²) < 4.78 is 0. The maximum absolute atomic E-state index is 12.6. The molecule has 3 aliphatic carbocycles. The lowest BCUT2D eigenvalue weighted by molar-refractivity contribution is -0.132. The molecule has 0 saturated heterocycles. The molecule has 0 heterocycles. The Hall–Kier alpha value is -0.330. The van der Waals surface area contributed by atoms with Gasteiger partial charge in [-0.1, -0.05) is 34.1 Å². The topological polar surface area (TPSA) is 17.1 Å². The number of Topliss-reactive ketones (excluding diaryl/α,β-unsaturated/α-hetero) is 1. The Balaban J connectivity index is 2.19. The first kappa shape index (κ1) is 10.8. The molecule has 4 atom stereocenters. The second-order valence-corrected chi connectivity index (χ2v) is 7.48. The van der Waals surface area contributed by atoms with Gasteiger partial charge in [-0.3, -0.25) is 4.79 Å². The van der Waals surface area contributed by atoms with Crippen LogP contribution in [-0.4, -0.2) is 5.78 Å². The summed E-state index contributed by atoms with van der Waals surface area (Å²) in [6.45, 7) is 9.49. The van der Waals surface area contributed by atoms with E-state index < -0.39 is 0 Å². The van der Waals surface area contributed by atoms with Crippen molar-refractivity contribution >= 4 is 5.78 Å². The average molecular weight is 220 g/mol. The fourth-order valence-electron chi connectivity index (χ4n) is 5.54. The first-order chi connectivity index (χ1) is 7.34. The minimum Gasteiger partial charge on any atom is -0.299 e. The van der Waals surface area contributed by atoms with Crippen LogP contribution in [0, 0.1) is 28.1 Å². The zero-order chi connectivity index (χ0) is 11.8. The van der Waals surface area contributed by atoms with Gasteiger partial charge in [-0.2, -0.15) is 0 Å². The number of ketones is 1. The molecule has 90 valence electrons. The van der Waals surface area contributed by atoms with Gasteiger partial charge in [0, 0.05) is 11.3 Å².